The number of hydrogen-bond acceptors (Lipinski definition) is 5. The van der Waals surface area contributed by atoms with Crippen molar-refractivity contribution < 1.29 is 27.4 Å². The van der Waals surface area contributed by atoms with E-state index in [0.29, 0.717) is 28.7 Å². The summed E-state index contributed by atoms with van der Waals surface area (Å²) in [4.78, 5) is 29.4. The maximum atomic E-state index is 13.3. The molecule has 0 saturated carbocycles. The Morgan fingerprint density at radius 2 is 1.85 bits per heavy atom. The van der Waals surface area contributed by atoms with Crippen LogP contribution < -0.4 is 4.90 Å². The highest BCUT2D eigenvalue weighted by Gasteiger charge is 2.32. The van der Waals surface area contributed by atoms with E-state index >= 15 is 0 Å². The monoisotopic (exact) mass is 493 g/mol. The molecule has 2 aromatic carbocycles. The molecule has 3 aromatic rings. The number of hydrogen-bond donors (Lipinski definition) is 0. The number of carbonyl (C=O) groups is 1. The van der Waals surface area contributed by atoms with Crippen LogP contribution in [-0.4, -0.2) is 48.0 Å². The zero-order valence-electron chi connectivity index (χ0n) is 18.9. The van der Waals surface area contributed by atoms with Crippen LogP contribution in [-0.2, 0) is 11.0 Å². The van der Waals surface area contributed by atoms with Crippen LogP contribution in [0.2, 0.25) is 0 Å². The second-order valence-corrected chi connectivity index (χ2v) is 9.55. The van der Waals surface area contributed by atoms with Gasteiger partial charge in [-0.2, -0.15) is 13.2 Å². The highest BCUT2D eigenvalue weighted by Crippen LogP contribution is 2.37. The summed E-state index contributed by atoms with van der Waals surface area (Å²) in [5, 5.41) is 12.9. The topological polar surface area (TPSA) is 76.3 Å². The van der Waals surface area contributed by atoms with Gasteiger partial charge in [-0.25, -0.2) is 4.98 Å². The number of thiazole rings is 1. The average molecular weight is 494 g/mol. The molecule has 0 aliphatic carbocycles. The Morgan fingerprint density at radius 1 is 1.15 bits per heavy atom. The molecule has 11 heteroatoms. The molecule has 1 amide bonds. The molecule has 1 heterocycles. The minimum atomic E-state index is -4.56. The Labute approximate surface area is 198 Å². The van der Waals surface area contributed by atoms with E-state index in [1.54, 1.807) is 11.4 Å². The minimum Gasteiger partial charge on any atom is -0.331 e. The Hall–Kier alpha value is -3.31. The summed E-state index contributed by atoms with van der Waals surface area (Å²) < 4.78 is 40.6. The smallest absolute Gasteiger partial charge is 0.331 e. The fourth-order valence-electron chi connectivity index (χ4n) is 3.28. The maximum Gasteiger partial charge on any atom is 0.416 e. The Balaban J connectivity index is 1.99. The zero-order chi connectivity index (χ0) is 25.1. The fraction of sp³-hybridized carbons (Fsp3) is 0.304. The minimum absolute atomic E-state index is 0.0602. The van der Waals surface area contributed by atoms with Gasteiger partial charge in [0.25, 0.3) is 5.69 Å². The number of nitro benzene ring substituents is 1. The number of nitro groups is 1. The maximum absolute atomic E-state index is 13.3. The number of carbonyl (C=O) groups excluding carboxylic acids is 1. The molecule has 0 atom stereocenters. The molecule has 0 unspecified atom stereocenters. The lowest BCUT2D eigenvalue weighted by molar-refractivity contribution is -0.870. The number of alkyl halides is 3. The van der Waals surface area contributed by atoms with Gasteiger partial charge in [0, 0.05) is 35.9 Å². The second kappa shape index (κ2) is 9.90. The quantitative estimate of drug-likeness (QED) is 0.223. The van der Waals surface area contributed by atoms with Crippen LogP contribution in [0.25, 0.3) is 11.3 Å². The molecule has 0 radical (unpaired) electrons. The van der Waals surface area contributed by atoms with Crippen molar-refractivity contribution in [3.05, 3.63) is 69.6 Å². The van der Waals surface area contributed by atoms with Gasteiger partial charge >= 0.3 is 6.18 Å². The van der Waals surface area contributed by atoms with Gasteiger partial charge in [-0.05, 0) is 18.2 Å². The van der Waals surface area contributed by atoms with Gasteiger partial charge in [0.2, 0.25) is 5.91 Å². The molecule has 7 nitrogen and oxygen atoms in total. The summed E-state index contributed by atoms with van der Waals surface area (Å²) >= 11 is 1.08. The molecule has 0 aliphatic rings. The van der Waals surface area contributed by atoms with Crippen molar-refractivity contribution >= 4 is 33.8 Å². The summed E-state index contributed by atoms with van der Waals surface area (Å²) in [7, 11) is 5.96. The molecule has 1 aromatic heterocycles. The lowest BCUT2D eigenvalue weighted by Crippen LogP contribution is -2.36. The predicted molar refractivity (Wildman–Crippen MR) is 125 cm³/mol. The number of non-ortho nitro benzene ring substituents is 1. The highest BCUT2D eigenvalue weighted by molar-refractivity contribution is 7.14. The first-order valence-corrected chi connectivity index (χ1v) is 11.2. The fourth-order valence-corrected chi connectivity index (χ4v) is 4.15. The second-order valence-electron chi connectivity index (χ2n) is 8.72. The van der Waals surface area contributed by atoms with Crippen molar-refractivity contribution in [3.63, 3.8) is 0 Å². The molecule has 0 saturated heterocycles. The van der Waals surface area contributed by atoms with E-state index in [1.807, 2.05) is 21.1 Å². The lowest BCUT2D eigenvalue weighted by Gasteiger charge is -2.25. The van der Waals surface area contributed by atoms with E-state index in [0.717, 1.165) is 23.5 Å². The molecule has 3 rings (SSSR count). The largest absolute Gasteiger partial charge is 0.416 e. The Kier molecular flexibility index (Phi) is 7.37. The van der Waals surface area contributed by atoms with Crippen LogP contribution in [0, 0.1) is 10.1 Å². The third-order valence-electron chi connectivity index (χ3n) is 4.94. The number of benzene rings is 2. The zero-order valence-corrected chi connectivity index (χ0v) is 19.7. The molecular formula is C23H24F3N4O3S+. The van der Waals surface area contributed by atoms with E-state index in [-0.39, 0.29) is 28.8 Å². The number of rotatable bonds is 8. The van der Waals surface area contributed by atoms with Gasteiger partial charge in [-0.1, -0.05) is 18.2 Å². The van der Waals surface area contributed by atoms with Crippen molar-refractivity contribution in [2.45, 2.75) is 19.0 Å². The number of amides is 1. The number of aromatic nitrogens is 1. The summed E-state index contributed by atoms with van der Waals surface area (Å²) in [6.07, 6.45) is -3.90. The molecule has 180 valence electrons. The summed E-state index contributed by atoms with van der Waals surface area (Å²) in [6.45, 7) is 0.707. The molecule has 0 bridgehead atoms. The first-order chi connectivity index (χ1) is 15.8. The van der Waals surface area contributed by atoms with Gasteiger partial charge in [-0.15, -0.1) is 11.3 Å². The van der Waals surface area contributed by atoms with Gasteiger partial charge in [0.1, 0.15) is 0 Å². The summed E-state index contributed by atoms with van der Waals surface area (Å²) in [6, 6.07) is 10.4. The SMILES string of the molecule is C[N+](C)(C)CCCC(=O)N(c1cccc(C(F)(F)F)c1)c1nc(-c2cccc([N+](=O)[O-])c2)cs1. The van der Waals surface area contributed by atoms with Crippen LogP contribution in [0.4, 0.5) is 29.7 Å². The van der Waals surface area contributed by atoms with E-state index in [1.165, 1.54) is 35.2 Å². The third kappa shape index (κ3) is 6.39. The van der Waals surface area contributed by atoms with E-state index in [2.05, 4.69) is 4.98 Å². The van der Waals surface area contributed by atoms with Gasteiger partial charge in [0.15, 0.2) is 5.13 Å². The number of halogens is 3. The van der Waals surface area contributed by atoms with Crippen molar-refractivity contribution in [1.82, 2.24) is 4.98 Å². The summed E-state index contributed by atoms with van der Waals surface area (Å²) in [5.41, 5.74) is -0.0641. The van der Waals surface area contributed by atoms with Gasteiger partial charge in [-0.3, -0.25) is 19.8 Å². The highest BCUT2D eigenvalue weighted by atomic mass is 32.1. The van der Waals surface area contributed by atoms with Crippen molar-refractivity contribution in [2.75, 3.05) is 32.6 Å². The molecule has 0 spiro atoms. The summed E-state index contributed by atoms with van der Waals surface area (Å²) in [5.74, 6) is -0.382. The Morgan fingerprint density at radius 3 is 2.50 bits per heavy atom. The molecule has 34 heavy (non-hydrogen) atoms. The number of anilines is 2. The molecular weight excluding hydrogens is 469 g/mol. The van der Waals surface area contributed by atoms with Crippen molar-refractivity contribution in [1.29, 1.82) is 0 Å². The number of nitrogens with zero attached hydrogens (tertiary/aromatic N) is 4. The van der Waals surface area contributed by atoms with Crippen LogP contribution in [0.5, 0.6) is 0 Å². The van der Waals surface area contributed by atoms with Crippen molar-refractivity contribution in [2.24, 2.45) is 0 Å². The van der Waals surface area contributed by atoms with E-state index < -0.39 is 16.7 Å². The van der Waals surface area contributed by atoms with Crippen molar-refractivity contribution in [3.8, 4) is 11.3 Å². The molecule has 0 fully saturated rings. The van der Waals surface area contributed by atoms with Crippen LogP contribution >= 0.6 is 11.3 Å². The standard InChI is InChI=1S/C23H24F3N4O3S/c1-30(2,3)12-6-11-21(31)28(18-9-5-8-17(14-18)23(24,25)26)22-27-20(15-34-22)16-7-4-10-19(13-16)29(32)33/h4-5,7-10,13-15H,6,11-12H2,1-3H3/q+1. The van der Waals surface area contributed by atoms with Crippen LogP contribution in [0.1, 0.15) is 18.4 Å². The van der Waals surface area contributed by atoms with E-state index in [9.17, 15) is 28.1 Å². The van der Waals surface area contributed by atoms with Gasteiger partial charge < -0.3 is 4.48 Å². The van der Waals surface area contributed by atoms with Crippen LogP contribution in [0.3, 0.4) is 0 Å². The predicted octanol–water partition coefficient (Wildman–Crippen LogP) is 5.89. The third-order valence-corrected chi connectivity index (χ3v) is 5.76. The molecule has 0 aliphatic heterocycles. The lowest BCUT2D eigenvalue weighted by atomic mass is 10.1. The Bertz CT molecular complexity index is 1190. The van der Waals surface area contributed by atoms with E-state index in [4.69, 9.17) is 0 Å². The average Bonchev–Trinajstić information content (AvgIpc) is 3.22. The van der Waals surface area contributed by atoms with Gasteiger partial charge in [0.05, 0.1) is 49.6 Å². The van der Waals surface area contributed by atoms with Crippen LogP contribution in [0.15, 0.2) is 53.9 Å². The first kappa shape index (κ1) is 25.3. The molecule has 0 N–H and O–H groups in total. The number of quaternary nitrogens is 1. The first-order valence-electron chi connectivity index (χ1n) is 10.4. The normalized spacial score (nSPS) is 11.9.